The SMILES string of the molecule is CC(CCCCO)OC1CCCCO1. The Labute approximate surface area is 86.4 Å². The van der Waals surface area contributed by atoms with Gasteiger partial charge in [0.05, 0.1) is 6.10 Å². The minimum atomic E-state index is 0.0212. The van der Waals surface area contributed by atoms with E-state index >= 15 is 0 Å². The van der Waals surface area contributed by atoms with Crippen molar-refractivity contribution < 1.29 is 14.6 Å². The van der Waals surface area contributed by atoms with Crippen LogP contribution in [0.1, 0.15) is 45.4 Å². The number of ether oxygens (including phenoxy) is 2. The van der Waals surface area contributed by atoms with E-state index in [9.17, 15) is 0 Å². The van der Waals surface area contributed by atoms with E-state index in [0.29, 0.717) is 0 Å². The molecule has 2 atom stereocenters. The van der Waals surface area contributed by atoms with Crippen molar-refractivity contribution in [3.05, 3.63) is 0 Å². The summed E-state index contributed by atoms with van der Waals surface area (Å²) in [5.74, 6) is 0. The molecular weight excluding hydrogens is 180 g/mol. The summed E-state index contributed by atoms with van der Waals surface area (Å²) in [7, 11) is 0. The molecule has 1 fully saturated rings. The lowest BCUT2D eigenvalue weighted by Crippen LogP contribution is -2.26. The first-order chi connectivity index (χ1) is 6.83. The lowest BCUT2D eigenvalue weighted by molar-refractivity contribution is -0.185. The van der Waals surface area contributed by atoms with Gasteiger partial charge in [0.1, 0.15) is 0 Å². The second kappa shape index (κ2) is 7.21. The number of hydrogen-bond acceptors (Lipinski definition) is 3. The average Bonchev–Trinajstić information content (AvgIpc) is 2.20. The number of unbranched alkanes of at least 4 members (excludes halogenated alkanes) is 1. The highest BCUT2D eigenvalue weighted by Gasteiger charge is 2.16. The molecule has 0 amide bonds. The molecule has 1 aliphatic heterocycles. The lowest BCUT2D eigenvalue weighted by atomic mass is 10.1. The van der Waals surface area contributed by atoms with E-state index in [0.717, 1.165) is 32.3 Å². The van der Waals surface area contributed by atoms with Gasteiger partial charge in [0, 0.05) is 13.2 Å². The quantitative estimate of drug-likeness (QED) is 0.670. The first kappa shape index (κ1) is 12.0. The van der Waals surface area contributed by atoms with E-state index in [-0.39, 0.29) is 19.0 Å². The molecule has 2 unspecified atom stereocenters. The fraction of sp³-hybridized carbons (Fsp3) is 1.00. The van der Waals surface area contributed by atoms with E-state index in [4.69, 9.17) is 14.6 Å². The molecule has 0 bridgehead atoms. The van der Waals surface area contributed by atoms with Crippen LogP contribution in [0.3, 0.4) is 0 Å². The van der Waals surface area contributed by atoms with E-state index in [1.807, 2.05) is 0 Å². The Morgan fingerprint density at radius 1 is 1.43 bits per heavy atom. The van der Waals surface area contributed by atoms with Gasteiger partial charge in [0.25, 0.3) is 0 Å². The molecule has 3 nitrogen and oxygen atoms in total. The average molecular weight is 202 g/mol. The van der Waals surface area contributed by atoms with Crippen LogP contribution in [0, 0.1) is 0 Å². The van der Waals surface area contributed by atoms with Gasteiger partial charge in [0.15, 0.2) is 6.29 Å². The van der Waals surface area contributed by atoms with Gasteiger partial charge in [-0.05, 0) is 45.4 Å². The number of hydrogen-bond donors (Lipinski definition) is 1. The van der Waals surface area contributed by atoms with Gasteiger partial charge >= 0.3 is 0 Å². The second-order valence-corrected chi connectivity index (χ2v) is 3.96. The zero-order valence-electron chi connectivity index (χ0n) is 9.08. The molecule has 0 aromatic rings. The smallest absolute Gasteiger partial charge is 0.157 e. The summed E-state index contributed by atoms with van der Waals surface area (Å²) in [6, 6.07) is 0. The first-order valence-electron chi connectivity index (χ1n) is 5.71. The topological polar surface area (TPSA) is 38.7 Å². The zero-order valence-corrected chi connectivity index (χ0v) is 9.08. The van der Waals surface area contributed by atoms with Gasteiger partial charge in [-0.25, -0.2) is 0 Å². The molecule has 84 valence electrons. The predicted molar refractivity (Wildman–Crippen MR) is 55.1 cm³/mol. The molecule has 1 rings (SSSR count). The molecule has 0 radical (unpaired) electrons. The Balaban J connectivity index is 2.03. The Hall–Kier alpha value is -0.120. The van der Waals surface area contributed by atoms with Crippen molar-refractivity contribution in [1.29, 1.82) is 0 Å². The maximum absolute atomic E-state index is 8.64. The van der Waals surface area contributed by atoms with Gasteiger partial charge in [-0.2, -0.15) is 0 Å². The zero-order chi connectivity index (χ0) is 10.2. The van der Waals surface area contributed by atoms with Crippen molar-refractivity contribution in [2.24, 2.45) is 0 Å². The minimum absolute atomic E-state index is 0.0212. The van der Waals surface area contributed by atoms with Gasteiger partial charge in [-0.1, -0.05) is 0 Å². The van der Waals surface area contributed by atoms with Gasteiger partial charge < -0.3 is 14.6 Å². The van der Waals surface area contributed by atoms with E-state index in [1.54, 1.807) is 0 Å². The van der Waals surface area contributed by atoms with Crippen molar-refractivity contribution in [3.63, 3.8) is 0 Å². The van der Waals surface area contributed by atoms with Gasteiger partial charge in [-0.15, -0.1) is 0 Å². The standard InChI is InChI=1S/C11H22O3/c1-10(6-2-4-8-12)14-11-7-3-5-9-13-11/h10-12H,2-9H2,1H3. The van der Waals surface area contributed by atoms with Crippen molar-refractivity contribution in [1.82, 2.24) is 0 Å². The molecule has 1 saturated heterocycles. The fourth-order valence-corrected chi connectivity index (χ4v) is 1.69. The summed E-state index contributed by atoms with van der Waals surface area (Å²) in [6.45, 7) is 3.20. The van der Waals surface area contributed by atoms with Crippen LogP contribution in [0.15, 0.2) is 0 Å². The van der Waals surface area contributed by atoms with Gasteiger partial charge in [-0.3, -0.25) is 0 Å². The third-order valence-electron chi connectivity index (χ3n) is 2.54. The molecule has 1 aliphatic rings. The highest BCUT2D eigenvalue weighted by atomic mass is 16.7. The highest BCUT2D eigenvalue weighted by Crippen LogP contribution is 2.17. The highest BCUT2D eigenvalue weighted by molar-refractivity contribution is 4.58. The van der Waals surface area contributed by atoms with Crippen molar-refractivity contribution >= 4 is 0 Å². The van der Waals surface area contributed by atoms with Crippen LogP contribution in [-0.4, -0.2) is 30.7 Å². The van der Waals surface area contributed by atoms with Gasteiger partial charge in [0.2, 0.25) is 0 Å². The van der Waals surface area contributed by atoms with E-state index in [1.165, 1.54) is 12.8 Å². The van der Waals surface area contributed by atoms with Crippen molar-refractivity contribution in [2.75, 3.05) is 13.2 Å². The number of aliphatic hydroxyl groups is 1. The molecule has 1 N–H and O–H groups in total. The maximum Gasteiger partial charge on any atom is 0.157 e. The Kier molecular flexibility index (Phi) is 6.15. The van der Waals surface area contributed by atoms with E-state index < -0.39 is 0 Å². The lowest BCUT2D eigenvalue weighted by Gasteiger charge is -2.26. The molecule has 1 heterocycles. The summed E-state index contributed by atoms with van der Waals surface area (Å²) < 4.78 is 11.2. The minimum Gasteiger partial charge on any atom is -0.396 e. The fourth-order valence-electron chi connectivity index (χ4n) is 1.69. The van der Waals surface area contributed by atoms with Crippen LogP contribution >= 0.6 is 0 Å². The molecule has 0 aliphatic carbocycles. The van der Waals surface area contributed by atoms with Crippen LogP contribution in [0.5, 0.6) is 0 Å². The Morgan fingerprint density at radius 3 is 2.93 bits per heavy atom. The maximum atomic E-state index is 8.64. The van der Waals surface area contributed by atoms with Crippen LogP contribution in [-0.2, 0) is 9.47 Å². The molecule has 3 heteroatoms. The monoisotopic (exact) mass is 202 g/mol. The van der Waals surface area contributed by atoms with Crippen LogP contribution in [0.25, 0.3) is 0 Å². The number of aliphatic hydroxyl groups excluding tert-OH is 1. The second-order valence-electron chi connectivity index (χ2n) is 3.96. The summed E-state index contributed by atoms with van der Waals surface area (Å²) >= 11 is 0. The molecule has 0 saturated carbocycles. The Bertz CT molecular complexity index is 132. The van der Waals surface area contributed by atoms with Crippen LogP contribution in [0.2, 0.25) is 0 Å². The number of rotatable bonds is 6. The third kappa shape index (κ3) is 4.94. The molecule has 0 aromatic carbocycles. The van der Waals surface area contributed by atoms with Crippen LogP contribution < -0.4 is 0 Å². The largest absolute Gasteiger partial charge is 0.396 e. The molecule has 0 spiro atoms. The van der Waals surface area contributed by atoms with Crippen LogP contribution in [0.4, 0.5) is 0 Å². The first-order valence-corrected chi connectivity index (χ1v) is 5.71. The third-order valence-corrected chi connectivity index (χ3v) is 2.54. The summed E-state index contributed by atoms with van der Waals surface area (Å²) in [4.78, 5) is 0. The van der Waals surface area contributed by atoms with E-state index in [2.05, 4.69) is 6.92 Å². The summed E-state index contributed by atoms with van der Waals surface area (Å²) in [6.07, 6.45) is 6.61. The molecular formula is C11H22O3. The molecule has 14 heavy (non-hydrogen) atoms. The Morgan fingerprint density at radius 2 is 2.29 bits per heavy atom. The normalized spacial score (nSPS) is 24.9. The predicted octanol–water partition coefficient (Wildman–Crippen LogP) is 2.08. The summed E-state index contributed by atoms with van der Waals surface area (Å²) in [5.41, 5.74) is 0. The summed E-state index contributed by atoms with van der Waals surface area (Å²) in [5, 5.41) is 8.64. The molecule has 0 aromatic heterocycles. The van der Waals surface area contributed by atoms with Crippen molar-refractivity contribution in [2.45, 2.75) is 57.8 Å². The van der Waals surface area contributed by atoms with Crippen molar-refractivity contribution in [3.8, 4) is 0 Å².